The molecule has 0 saturated heterocycles. The summed E-state index contributed by atoms with van der Waals surface area (Å²) in [4.78, 5) is 21.5. The van der Waals surface area contributed by atoms with E-state index in [0.717, 1.165) is 45.4 Å². The molecule has 0 aromatic rings. The molecule has 0 amide bonds. The molecular weight excluding hydrogens is 288 g/mol. The maximum absolute atomic E-state index is 11.2. The molecule has 0 saturated carbocycles. The SMILES string of the molecule is CCNCCCNCCCOC(=O)OCCCCCC(=O)O. The molecule has 130 valence electrons. The van der Waals surface area contributed by atoms with Crippen molar-refractivity contribution in [3.05, 3.63) is 0 Å². The molecule has 0 radical (unpaired) electrons. The van der Waals surface area contributed by atoms with Crippen LogP contribution >= 0.6 is 0 Å². The highest BCUT2D eigenvalue weighted by Crippen LogP contribution is 2.00. The first-order valence-corrected chi connectivity index (χ1v) is 8.09. The number of nitrogens with one attached hydrogen (secondary N) is 2. The van der Waals surface area contributed by atoms with Gasteiger partial charge in [-0.1, -0.05) is 6.92 Å². The van der Waals surface area contributed by atoms with Gasteiger partial charge in [-0.15, -0.1) is 0 Å². The van der Waals surface area contributed by atoms with Gasteiger partial charge >= 0.3 is 12.1 Å². The predicted octanol–water partition coefficient (Wildman–Crippen LogP) is 1.76. The Balaban J connectivity index is 3.17. The highest BCUT2D eigenvalue weighted by Gasteiger charge is 2.03. The minimum Gasteiger partial charge on any atom is -0.481 e. The van der Waals surface area contributed by atoms with Crippen LogP contribution in [-0.2, 0) is 14.3 Å². The Morgan fingerprint density at radius 2 is 1.50 bits per heavy atom. The van der Waals surface area contributed by atoms with Crippen molar-refractivity contribution in [2.75, 3.05) is 39.4 Å². The van der Waals surface area contributed by atoms with Crippen LogP contribution in [0.5, 0.6) is 0 Å². The molecule has 0 aliphatic carbocycles. The topological polar surface area (TPSA) is 96.9 Å². The van der Waals surface area contributed by atoms with Crippen LogP contribution < -0.4 is 10.6 Å². The Labute approximate surface area is 132 Å². The molecule has 22 heavy (non-hydrogen) atoms. The standard InChI is InChI=1S/C15H30N2O5/c1-2-16-9-6-10-17-11-7-13-22-15(20)21-12-5-3-4-8-14(18)19/h16-17H,2-13H2,1H3,(H,18,19). The normalized spacial score (nSPS) is 10.4. The molecule has 0 heterocycles. The highest BCUT2D eigenvalue weighted by molar-refractivity contribution is 5.66. The fourth-order valence-corrected chi connectivity index (χ4v) is 1.75. The Morgan fingerprint density at radius 3 is 2.18 bits per heavy atom. The minimum absolute atomic E-state index is 0.159. The van der Waals surface area contributed by atoms with Crippen molar-refractivity contribution in [3.8, 4) is 0 Å². The number of carboxylic acids is 1. The van der Waals surface area contributed by atoms with Gasteiger partial charge in [0, 0.05) is 6.42 Å². The van der Waals surface area contributed by atoms with Gasteiger partial charge in [-0.05, 0) is 58.3 Å². The molecule has 0 aromatic heterocycles. The number of carbonyl (C=O) groups is 2. The van der Waals surface area contributed by atoms with Crippen molar-refractivity contribution in [2.45, 2.75) is 45.4 Å². The second-order valence-corrected chi connectivity index (χ2v) is 4.96. The van der Waals surface area contributed by atoms with Crippen molar-refractivity contribution in [1.82, 2.24) is 10.6 Å². The predicted molar refractivity (Wildman–Crippen MR) is 84.1 cm³/mol. The number of hydrogen-bond donors (Lipinski definition) is 3. The lowest BCUT2D eigenvalue weighted by Crippen LogP contribution is -2.23. The third kappa shape index (κ3) is 16.7. The van der Waals surface area contributed by atoms with E-state index >= 15 is 0 Å². The van der Waals surface area contributed by atoms with Crippen molar-refractivity contribution in [2.24, 2.45) is 0 Å². The number of hydrogen-bond acceptors (Lipinski definition) is 6. The van der Waals surface area contributed by atoms with Gasteiger partial charge in [-0.2, -0.15) is 0 Å². The summed E-state index contributed by atoms with van der Waals surface area (Å²) in [7, 11) is 0. The van der Waals surface area contributed by atoms with Gasteiger partial charge in [0.2, 0.25) is 0 Å². The summed E-state index contributed by atoms with van der Waals surface area (Å²) < 4.78 is 9.81. The van der Waals surface area contributed by atoms with Crippen LogP contribution in [0.2, 0.25) is 0 Å². The molecule has 0 fully saturated rings. The Kier molecular flexibility index (Phi) is 15.1. The van der Waals surface area contributed by atoms with E-state index in [-0.39, 0.29) is 13.0 Å². The lowest BCUT2D eigenvalue weighted by Gasteiger charge is -2.07. The van der Waals surface area contributed by atoms with E-state index in [1.807, 2.05) is 0 Å². The first kappa shape index (κ1) is 20.7. The maximum Gasteiger partial charge on any atom is 0.508 e. The zero-order chi connectivity index (χ0) is 16.5. The molecule has 3 N–H and O–H groups in total. The summed E-state index contributed by atoms with van der Waals surface area (Å²) in [5.74, 6) is -0.796. The molecule has 0 rings (SSSR count). The average Bonchev–Trinajstić information content (AvgIpc) is 2.48. The lowest BCUT2D eigenvalue weighted by atomic mass is 10.2. The minimum atomic E-state index is -0.796. The van der Waals surface area contributed by atoms with Crippen LogP contribution in [0.3, 0.4) is 0 Å². The highest BCUT2D eigenvalue weighted by atomic mass is 16.7. The van der Waals surface area contributed by atoms with E-state index in [4.69, 9.17) is 14.6 Å². The molecule has 7 heteroatoms. The molecule has 0 aliphatic heterocycles. The van der Waals surface area contributed by atoms with Gasteiger partial charge in [-0.3, -0.25) is 4.79 Å². The van der Waals surface area contributed by atoms with Gasteiger partial charge < -0.3 is 25.2 Å². The van der Waals surface area contributed by atoms with Crippen LogP contribution in [0.25, 0.3) is 0 Å². The number of unbranched alkanes of at least 4 members (excludes halogenated alkanes) is 2. The fourth-order valence-electron chi connectivity index (χ4n) is 1.75. The molecule has 0 atom stereocenters. The molecule has 0 aliphatic rings. The smallest absolute Gasteiger partial charge is 0.481 e. The molecule has 0 spiro atoms. The summed E-state index contributed by atoms with van der Waals surface area (Å²) in [5, 5.41) is 15.0. The Bertz CT molecular complexity index is 287. The second kappa shape index (κ2) is 16.0. The van der Waals surface area contributed by atoms with E-state index in [2.05, 4.69) is 17.6 Å². The maximum atomic E-state index is 11.2. The summed E-state index contributed by atoms with van der Waals surface area (Å²) in [6.07, 6.45) is 3.35. The molecule has 0 aromatic carbocycles. The monoisotopic (exact) mass is 318 g/mol. The third-order valence-corrected chi connectivity index (χ3v) is 2.93. The number of aliphatic carboxylic acids is 1. The van der Waals surface area contributed by atoms with E-state index in [0.29, 0.717) is 19.4 Å². The van der Waals surface area contributed by atoms with Gasteiger partial charge in [0.15, 0.2) is 0 Å². The van der Waals surface area contributed by atoms with Crippen LogP contribution in [-0.4, -0.2) is 56.6 Å². The summed E-state index contributed by atoms with van der Waals surface area (Å²) >= 11 is 0. The lowest BCUT2D eigenvalue weighted by molar-refractivity contribution is -0.137. The second-order valence-electron chi connectivity index (χ2n) is 4.96. The quantitative estimate of drug-likeness (QED) is 0.313. The Morgan fingerprint density at radius 1 is 0.864 bits per heavy atom. The van der Waals surface area contributed by atoms with Crippen molar-refractivity contribution < 1.29 is 24.2 Å². The molecule has 0 bridgehead atoms. The zero-order valence-electron chi connectivity index (χ0n) is 13.6. The van der Waals surface area contributed by atoms with Crippen molar-refractivity contribution >= 4 is 12.1 Å². The summed E-state index contributed by atoms with van der Waals surface area (Å²) in [6, 6.07) is 0. The van der Waals surface area contributed by atoms with Crippen molar-refractivity contribution in [1.29, 1.82) is 0 Å². The van der Waals surface area contributed by atoms with Gasteiger partial charge in [0.25, 0.3) is 0 Å². The van der Waals surface area contributed by atoms with Crippen molar-refractivity contribution in [3.63, 3.8) is 0 Å². The third-order valence-electron chi connectivity index (χ3n) is 2.93. The van der Waals surface area contributed by atoms with Crippen LogP contribution in [0.1, 0.15) is 45.4 Å². The zero-order valence-corrected chi connectivity index (χ0v) is 13.6. The number of rotatable bonds is 15. The van der Waals surface area contributed by atoms with E-state index in [1.165, 1.54) is 0 Å². The largest absolute Gasteiger partial charge is 0.508 e. The van der Waals surface area contributed by atoms with Crippen LogP contribution in [0, 0.1) is 0 Å². The fraction of sp³-hybridized carbons (Fsp3) is 0.867. The van der Waals surface area contributed by atoms with Gasteiger partial charge in [-0.25, -0.2) is 4.79 Å². The molecule has 7 nitrogen and oxygen atoms in total. The summed E-state index contributed by atoms with van der Waals surface area (Å²) in [5.41, 5.74) is 0. The number of ether oxygens (including phenoxy) is 2. The molecular formula is C15H30N2O5. The van der Waals surface area contributed by atoms with E-state index in [1.54, 1.807) is 0 Å². The molecule has 0 unspecified atom stereocenters. The Hall–Kier alpha value is -1.34. The van der Waals surface area contributed by atoms with Gasteiger partial charge in [0.05, 0.1) is 13.2 Å². The summed E-state index contributed by atoms with van der Waals surface area (Å²) in [6.45, 7) is 6.48. The first-order valence-electron chi connectivity index (χ1n) is 8.09. The number of carbonyl (C=O) groups excluding carboxylic acids is 1. The van der Waals surface area contributed by atoms with E-state index in [9.17, 15) is 9.59 Å². The van der Waals surface area contributed by atoms with Crippen LogP contribution in [0.4, 0.5) is 4.79 Å². The van der Waals surface area contributed by atoms with Crippen LogP contribution in [0.15, 0.2) is 0 Å². The average molecular weight is 318 g/mol. The first-order chi connectivity index (χ1) is 10.7. The number of carboxylic acid groups (broad SMARTS) is 1. The van der Waals surface area contributed by atoms with Gasteiger partial charge in [0.1, 0.15) is 0 Å². The van der Waals surface area contributed by atoms with E-state index < -0.39 is 12.1 Å².